The lowest BCUT2D eigenvalue weighted by atomic mass is 9.99. The van der Waals surface area contributed by atoms with Gasteiger partial charge in [-0.2, -0.15) is 0 Å². The van der Waals surface area contributed by atoms with E-state index in [1.807, 2.05) is 24.3 Å². The molecule has 1 aromatic heterocycles. The highest BCUT2D eigenvalue weighted by atomic mass is 35.5. The van der Waals surface area contributed by atoms with Gasteiger partial charge in [0.15, 0.2) is 0 Å². The van der Waals surface area contributed by atoms with Gasteiger partial charge < -0.3 is 14.4 Å². The molecule has 0 amide bonds. The van der Waals surface area contributed by atoms with Gasteiger partial charge in [0.25, 0.3) is 5.56 Å². The molecule has 0 radical (unpaired) electrons. The van der Waals surface area contributed by atoms with Crippen LogP contribution in [0.15, 0.2) is 47.4 Å². The summed E-state index contributed by atoms with van der Waals surface area (Å²) in [5, 5.41) is 10.8. The number of benzene rings is 1. The minimum absolute atomic E-state index is 0.199. The first-order valence-electron chi connectivity index (χ1n) is 6.44. The Labute approximate surface area is 121 Å². The largest absolute Gasteiger partial charge is 0.493 e. The molecule has 5 heteroatoms. The molecular weight excluding hydrogens is 278 g/mol. The number of halogens is 1. The lowest BCUT2D eigenvalue weighted by molar-refractivity contribution is 0.112. The molecule has 4 nitrogen and oxygen atoms in total. The van der Waals surface area contributed by atoms with Gasteiger partial charge in [0.1, 0.15) is 5.75 Å². The zero-order chi connectivity index (χ0) is 14.1. The van der Waals surface area contributed by atoms with E-state index < -0.39 is 12.1 Å². The summed E-state index contributed by atoms with van der Waals surface area (Å²) in [6.07, 6.45) is 1.31. The monoisotopic (exact) mass is 291 g/mol. The number of nitrogens with zero attached hydrogens (tertiary/aromatic N) is 1. The van der Waals surface area contributed by atoms with Crippen molar-refractivity contribution < 1.29 is 9.84 Å². The van der Waals surface area contributed by atoms with Crippen molar-refractivity contribution in [2.45, 2.75) is 18.6 Å². The SMILES string of the molecule is O=c1ccc(Cl)cn1[C@@H]1c2ccccc2OCC[C@H]1O. The van der Waals surface area contributed by atoms with Crippen molar-refractivity contribution in [1.29, 1.82) is 0 Å². The Morgan fingerprint density at radius 2 is 2.05 bits per heavy atom. The summed E-state index contributed by atoms with van der Waals surface area (Å²) in [4.78, 5) is 12.1. The zero-order valence-electron chi connectivity index (χ0n) is 10.7. The standard InChI is InChI=1S/C15H14ClNO3/c16-10-5-6-14(19)17(9-10)15-11-3-1-2-4-13(11)20-8-7-12(15)18/h1-6,9,12,15,18H,7-8H2/t12-,15-/m1/s1. The summed E-state index contributed by atoms with van der Waals surface area (Å²) >= 11 is 5.98. The lowest BCUT2D eigenvalue weighted by Gasteiger charge is -2.23. The van der Waals surface area contributed by atoms with Gasteiger partial charge >= 0.3 is 0 Å². The van der Waals surface area contributed by atoms with Crippen LogP contribution in [0, 0.1) is 0 Å². The first-order chi connectivity index (χ1) is 9.66. The fourth-order valence-electron chi connectivity index (χ4n) is 2.54. The summed E-state index contributed by atoms with van der Waals surface area (Å²) < 4.78 is 7.11. The second kappa shape index (κ2) is 5.31. The fourth-order valence-corrected chi connectivity index (χ4v) is 2.71. The van der Waals surface area contributed by atoms with Crippen molar-refractivity contribution in [3.63, 3.8) is 0 Å². The van der Waals surface area contributed by atoms with E-state index in [1.54, 1.807) is 12.3 Å². The van der Waals surface area contributed by atoms with Crippen molar-refractivity contribution in [2.24, 2.45) is 0 Å². The fraction of sp³-hybridized carbons (Fsp3) is 0.267. The Hall–Kier alpha value is -1.78. The molecule has 0 bridgehead atoms. The Morgan fingerprint density at radius 3 is 2.90 bits per heavy atom. The average molecular weight is 292 g/mol. The third kappa shape index (κ3) is 2.32. The lowest BCUT2D eigenvalue weighted by Crippen LogP contribution is -2.32. The molecule has 1 aromatic carbocycles. The summed E-state index contributed by atoms with van der Waals surface area (Å²) in [6.45, 7) is 0.421. The molecule has 1 aliphatic rings. The zero-order valence-corrected chi connectivity index (χ0v) is 11.5. The van der Waals surface area contributed by atoms with Crippen LogP contribution in [-0.2, 0) is 0 Å². The van der Waals surface area contributed by atoms with Crippen molar-refractivity contribution in [1.82, 2.24) is 4.57 Å². The number of hydrogen-bond acceptors (Lipinski definition) is 3. The van der Waals surface area contributed by atoms with Crippen molar-refractivity contribution in [2.75, 3.05) is 6.61 Å². The number of ether oxygens (including phenoxy) is 1. The van der Waals surface area contributed by atoms with Crippen LogP contribution in [0.2, 0.25) is 5.02 Å². The first-order valence-corrected chi connectivity index (χ1v) is 6.82. The molecule has 0 saturated heterocycles. The maximum absolute atomic E-state index is 12.1. The molecule has 104 valence electrons. The Morgan fingerprint density at radius 1 is 1.25 bits per heavy atom. The molecule has 1 N–H and O–H groups in total. The molecule has 1 aliphatic heterocycles. The van der Waals surface area contributed by atoms with Gasteiger partial charge in [-0.15, -0.1) is 0 Å². The van der Waals surface area contributed by atoms with Crippen LogP contribution in [0.25, 0.3) is 0 Å². The number of hydrogen-bond donors (Lipinski definition) is 1. The van der Waals surface area contributed by atoms with E-state index in [1.165, 1.54) is 10.6 Å². The van der Waals surface area contributed by atoms with Crippen molar-refractivity contribution in [3.8, 4) is 5.75 Å². The molecule has 2 heterocycles. The van der Waals surface area contributed by atoms with Crippen LogP contribution in [-0.4, -0.2) is 22.4 Å². The number of aromatic nitrogens is 1. The van der Waals surface area contributed by atoms with Crippen LogP contribution >= 0.6 is 11.6 Å². The number of pyridine rings is 1. The number of fused-ring (bicyclic) bond motifs is 1. The second-order valence-corrected chi connectivity index (χ2v) is 5.22. The van der Waals surface area contributed by atoms with E-state index in [4.69, 9.17) is 16.3 Å². The van der Waals surface area contributed by atoms with Gasteiger partial charge in [-0.05, 0) is 12.1 Å². The van der Waals surface area contributed by atoms with Gasteiger partial charge in [-0.3, -0.25) is 4.79 Å². The maximum atomic E-state index is 12.1. The number of aliphatic hydroxyl groups excluding tert-OH is 1. The van der Waals surface area contributed by atoms with Gasteiger partial charge in [-0.1, -0.05) is 29.8 Å². The van der Waals surface area contributed by atoms with E-state index in [2.05, 4.69) is 0 Å². The van der Waals surface area contributed by atoms with E-state index >= 15 is 0 Å². The first kappa shape index (κ1) is 13.2. The van der Waals surface area contributed by atoms with Crippen LogP contribution in [0.4, 0.5) is 0 Å². The molecule has 0 aliphatic carbocycles. The summed E-state index contributed by atoms with van der Waals surface area (Å²) in [6, 6.07) is 9.91. The molecule has 3 rings (SSSR count). The van der Waals surface area contributed by atoms with Crippen LogP contribution < -0.4 is 10.3 Å². The van der Waals surface area contributed by atoms with E-state index in [9.17, 15) is 9.90 Å². The summed E-state index contributed by atoms with van der Waals surface area (Å²) in [5.41, 5.74) is 0.594. The van der Waals surface area contributed by atoms with Gasteiger partial charge in [0, 0.05) is 24.2 Å². The van der Waals surface area contributed by atoms with E-state index in [0.717, 1.165) is 5.56 Å². The molecule has 0 spiro atoms. The normalized spacial score (nSPS) is 21.7. The van der Waals surface area contributed by atoms with Crippen LogP contribution in [0.5, 0.6) is 5.75 Å². The van der Waals surface area contributed by atoms with Crippen molar-refractivity contribution >= 4 is 11.6 Å². The quantitative estimate of drug-likeness (QED) is 0.876. The van der Waals surface area contributed by atoms with Crippen LogP contribution in [0.3, 0.4) is 0 Å². The Bertz CT molecular complexity index is 683. The summed E-state index contributed by atoms with van der Waals surface area (Å²) in [7, 11) is 0. The molecule has 0 unspecified atom stereocenters. The second-order valence-electron chi connectivity index (χ2n) is 4.78. The molecular formula is C15H14ClNO3. The number of aliphatic hydroxyl groups is 1. The predicted molar refractivity (Wildman–Crippen MR) is 76.4 cm³/mol. The highest BCUT2D eigenvalue weighted by Gasteiger charge is 2.29. The Kier molecular flexibility index (Phi) is 3.51. The Balaban J connectivity index is 2.19. The smallest absolute Gasteiger partial charge is 0.251 e. The molecule has 0 fully saturated rings. The molecule has 0 saturated carbocycles. The minimum atomic E-state index is -0.699. The topological polar surface area (TPSA) is 51.5 Å². The van der Waals surface area contributed by atoms with Gasteiger partial charge in [0.05, 0.1) is 23.8 Å². The average Bonchev–Trinajstić information content (AvgIpc) is 2.60. The van der Waals surface area contributed by atoms with Crippen LogP contribution in [0.1, 0.15) is 18.0 Å². The predicted octanol–water partition coefficient (Wildman–Crippen LogP) is 2.23. The third-order valence-corrected chi connectivity index (χ3v) is 3.70. The summed E-state index contributed by atoms with van der Waals surface area (Å²) in [5.74, 6) is 0.695. The van der Waals surface area contributed by atoms with E-state index in [-0.39, 0.29) is 5.56 Å². The third-order valence-electron chi connectivity index (χ3n) is 3.48. The highest BCUT2D eigenvalue weighted by molar-refractivity contribution is 6.30. The van der Waals surface area contributed by atoms with Gasteiger partial charge in [0.2, 0.25) is 0 Å². The number of para-hydroxylation sites is 1. The highest BCUT2D eigenvalue weighted by Crippen LogP contribution is 2.33. The number of rotatable bonds is 1. The van der Waals surface area contributed by atoms with Gasteiger partial charge in [-0.25, -0.2) is 0 Å². The molecule has 2 atom stereocenters. The molecule has 20 heavy (non-hydrogen) atoms. The minimum Gasteiger partial charge on any atom is -0.493 e. The van der Waals surface area contributed by atoms with Crippen molar-refractivity contribution in [3.05, 3.63) is 63.5 Å². The van der Waals surface area contributed by atoms with E-state index in [0.29, 0.717) is 23.8 Å². The molecule has 2 aromatic rings. The maximum Gasteiger partial charge on any atom is 0.251 e.